The highest BCUT2D eigenvalue weighted by Crippen LogP contribution is 2.35. The summed E-state index contributed by atoms with van der Waals surface area (Å²) < 4.78 is 31.5. The van der Waals surface area contributed by atoms with Crippen LogP contribution in [0, 0.1) is 13.8 Å². The Morgan fingerprint density at radius 2 is 1.96 bits per heavy atom. The minimum atomic E-state index is -3.63. The molecule has 0 amide bonds. The Labute approximate surface area is 136 Å². The molecule has 1 saturated heterocycles. The molecule has 2 aromatic heterocycles. The SMILES string of the molecule is Cc1nn(C)c(C)c1S(=O)(=O)N1CCCCC1c1nncn1C. The Balaban J connectivity index is 2.08. The normalized spacial score (nSPS) is 20.1. The number of aryl methyl sites for hydroxylation is 3. The molecule has 3 rings (SSSR count). The number of hydrogen-bond acceptors (Lipinski definition) is 5. The van der Waals surface area contributed by atoms with Crippen molar-refractivity contribution < 1.29 is 8.42 Å². The van der Waals surface area contributed by atoms with Crippen molar-refractivity contribution in [3.63, 3.8) is 0 Å². The van der Waals surface area contributed by atoms with Crippen LogP contribution in [-0.2, 0) is 24.1 Å². The van der Waals surface area contributed by atoms with Crippen molar-refractivity contribution in [2.24, 2.45) is 14.1 Å². The number of piperidine rings is 1. The average molecular weight is 338 g/mol. The summed E-state index contributed by atoms with van der Waals surface area (Å²) in [6, 6.07) is -0.278. The summed E-state index contributed by atoms with van der Waals surface area (Å²) in [4.78, 5) is 0.314. The van der Waals surface area contributed by atoms with E-state index < -0.39 is 10.0 Å². The molecule has 23 heavy (non-hydrogen) atoms. The molecule has 1 aliphatic heterocycles. The zero-order chi connectivity index (χ0) is 16.8. The topological polar surface area (TPSA) is 85.9 Å². The molecule has 0 aliphatic carbocycles. The Hall–Kier alpha value is -1.74. The number of sulfonamides is 1. The van der Waals surface area contributed by atoms with Gasteiger partial charge in [0.25, 0.3) is 0 Å². The van der Waals surface area contributed by atoms with E-state index >= 15 is 0 Å². The van der Waals surface area contributed by atoms with Crippen LogP contribution in [-0.4, -0.2) is 43.8 Å². The quantitative estimate of drug-likeness (QED) is 0.836. The molecule has 3 heterocycles. The molecular formula is C14H22N6O2S. The van der Waals surface area contributed by atoms with Gasteiger partial charge in [-0.1, -0.05) is 6.42 Å². The van der Waals surface area contributed by atoms with Crippen LogP contribution in [0.5, 0.6) is 0 Å². The van der Waals surface area contributed by atoms with Gasteiger partial charge in [0.05, 0.1) is 17.4 Å². The molecule has 0 aromatic carbocycles. The molecule has 0 saturated carbocycles. The average Bonchev–Trinajstić information content (AvgIpc) is 3.03. The van der Waals surface area contributed by atoms with E-state index in [9.17, 15) is 8.42 Å². The second-order valence-electron chi connectivity index (χ2n) is 6.05. The lowest BCUT2D eigenvalue weighted by molar-refractivity contribution is 0.242. The summed E-state index contributed by atoms with van der Waals surface area (Å²) in [5, 5.41) is 12.3. The second-order valence-corrected chi connectivity index (χ2v) is 7.88. The minimum Gasteiger partial charge on any atom is -0.319 e. The van der Waals surface area contributed by atoms with Crippen molar-refractivity contribution in [1.82, 2.24) is 28.9 Å². The van der Waals surface area contributed by atoms with E-state index in [0.29, 0.717) is 28.7 Å². The zero-order valence-corrected chi connectivity index (χ0v) is 14.7. The number of nitrogens with zero attached hydrogens (tertiary/aromatic N) is 6. The molecule has 0 radical (unpaired) electrons. The summed E-state index contributed by atoms with van der Waals surface area (Å²) in [5.41, 5.74) is 1.19. The summed E-state index contributed by atoms with van der Waals surface area (Å²) in [5.74, 6) is 0.687. The maximum Gasteiger partial charge on any atom is 0.247 e. The summed E-state index contributed by atoms with van der Waals surface area (Å²) in [7, 11) is -0.0214. The highest BCUT2D eigenvalue weighted by Gasteiger charge is 2.39. The first-order valence-electron chi connectivity index (χ1n) is 7.70. The fraction of sp³-hybridized carbons (Fsp3) is 0.643. The maximum atomic E-state index is 13.3. The van der Waals surface area contributed by atoms with Gasteiger partial charge in [0, 0.05) is 20.6 Å². The third-order valence-corrected chi connectivity index (χ3v) is 6.67. The lowest BCUT2D eigenvalue weighted by atomic mass is 10.0. The van der Waals surface area contributed by atoms with E-state index in [1.54, 1.807) is 40.8 Å². The van der Waals surface area contributed by atoms with E-state index in [1.807, 2.05) is 7.05 Å². The fourth-order valence-electron chi connectivity index (χ4n) is 3.29. The predicted octanol–water partition coefficient (Wildman–Crippen LogP) is 1.08. The molecule has 1 atom stereocenters. The summed E-state index contributed by atoms with van der Waals surface area (Å²) >= 11 is 0. The Morgan fingerprint density at radius 1 is 1.22 bits per heavy atom. The van der Waals surface area contributed by atoms with Gasteiger partial charge >= 0.3 is 0 Å². The molecule has 9 heteroatoms. The fourth-order valence-corrected chi connectivity index (χ4v) is 5.35. The van der Waals surface area contributed by atoms with Crippen LogP contribution in [0.4, 0.5) is 0 Å². The highest BCUT2D eigenvalue weighted by molar-refractivity contribution is 7.89. The summed E-state index contributed by atoms with van der Waals surface area (Å²) in [6.45, 7) is 4.02. The molecule has 126 valence electrons. The van der Waals surface area contributed by atoms with Crippen molar-refractivity contribution in [2.45, 2.75) is 44.0 Å². The van der Waals surface area contributed by atoms with Crippen LogP contribution in [0.2, 0.25) is 0 Å². The van der Waals surface area contributed by atoms with Gasteiger partial charge in [-0.3, -0.25) is 4.68 Å². The van der Waals surface area contributed by atoms with Gasteiger partial charge in [-0.2, -0.15) is 9.40 Å². The van der Waals surface area contributed by atoms with E-state index in [-0.39, 0.29) is 6.04 Å². The third-order valence-electron chi connectivity index (χ3n) is 4.51. The summed E-state index contributed by atoms with van der Waals surface area (Å²) in [6.07, 6.45) is 4.19. The van der Waals surface area contributed by atoms with E-state index in [2.05, 4.69) is 15.3 Å². The monoisotopic (exact) mass is 338 g/mol. The minimum absolute atomic E-state index is 0.278. The van der Waals surface area contributed by atoms with Crippen LogP contribution in [0.15, 0.2) is 11.2 Å². The van der Waals surface area contributed by atoms with Crippen molar-refractivity contribution in [3.8, 4) is 0 Å². The molecule has 1 unspecified atom stereocenters. The van der Waals surface area contributed by atoms with Gasteiger partial charge in [-0.15, -0.1) is 10.2 Å². The standard InChI is InChI=1S/C14H22N6O2S/c1-10-13(11(2)19(4)17-10)23(21,22)20-8-6-5-7-12(20)14-16-15-9-18(14)3/h9,12H,5-8H2,1-4H3. The first-order chi connectivity index (χ1) is 10.8. The first kappa shape index (κ1) is 16.1. The van der Waals surface area contributed by atoms with Crippen LogP contribution in [0.3, 0.4) is 0 Å². The van der Waals surface area contributed by atoms with Gasteiger partial charge in [-0.25, -0.2) is 8.42 Å². The van der Waals surface area contributed by atoms with Crippen molar-refractivity contribution in [1.29, 1.82) is 0 Å². The van der Waals surface area contributed by atoms with Gasteiger partial charge in [0.2, 0.25) is 10.0 Å². The smallest absolute Gasteiger partial charge is 0.247 e. The Bertz CT molecular complexity index is 822. The van der Waals surface area contributed by atoms with Gasteiger partial charge in [-0.05, 0) is 26.7 Å². The largest absolute Gasteiger partial charge is 0.319 e. The van der Waals surface area contributed by atoms with Gasteiger partial charge < -0.3 is 4.57 Å². The number of hydrogen-bond donors (Lipinski definition) is 0. The highest BCUT2D eigenvalue weighted by atomic mass is 32.2. The van der Waals surface area contributed by atoms with E-state index in [1.165, 1.54) is 0 Å². The van der Waals surface area contributed by atoms with Crippen LogP contribution >= 0.6 is 0 Å². The van der Waals surface area contributed by atoms with Crippen molar-refractivity contribution in [3.05, 3.63) is 23.5 Å². The number of rotatable bonds is 3. The maximum absolute atomic E-state index is 13.3. The van der Waals surface area contributed by atoms with Gasteiger partial charge in [0.15, 0.2) is 5.82 Å². The molecule has 1 aliphatic rings. The van der Waals surface area contributed by atoms with Crippen molar-refractivity contribution >= 4 is 10.0 Å². The molecule has 2 aromatic rings. The van der Waals surface area contributed by atoms with E-state index in [0.717, 1.165) is 19.3 Å². The zero-order valence-electron chi connectivity index (χ0n) is 13.9. The van der Waals surface area contributed by atoms with E-state index in [4.69, 9.17) is 0 Å². The lowest BCUT2D eigenvalue weighted by Gasteiger charge is -2.33. The molecular weight excluding hydrogens is 316 g/mol. The van der Waals surface area contributed by atoms with Gasteiger partial charge in [0.1, 0.15) is 11.2 Å². The lowest BCUT2D eigenvalue weighted by Crippen LogP contribution is -2.40. The van der Waals surface area contributed by atoms with Crippen molar-refractivity contribution in [2.75, 3.05) is 6.54 Å². The van der Waals surface area contributed by atoms with Crippen LogP contribution in [0.1, 0.15) is 42.5 Å². The molecule has 8 nitrogen and oxygen atoms in total. The third kappa shape index (κ3) is 2.57. The predicted molar refractivity (Wildman–Crippen MR) is 84.2 cm³/mol. The van der Waals surface area contributed by atoms with Crippen LogP contribution in [0.25, 0.3) is 0 Å². The Morgan fingerprint density at radius 3 is 2.52 bits per heavy atom. The first-order valence-corrected chi connectivity index (χ1v) is 9.14. The molecule has 1 fully saturated rings. The second kappa shape index (κ2) is 5.72. The molecule has 0 bridgehead atoms. The molecule has 0 spiro atoms. The van der Waals surface area contributed by atoms with Crippen LogP contribution < -0.4 is 0 Å². The number of aromatic nitrogens is 5. The Kier molecular flexibility index (Phi) is 4.01. The molecule has 0 N–H and O–H groups in total.